The minimum absolute atomic E-state index is 0.0444. The lowest BCUT2D eigenvalue weighted by atomic mass is 9.50. The molecule has 3 aliphatic carbocycles. The van der Waals surface area contributed by atoms with Crippen LogP contribution in [0.4, 0.5) is 44.7 Å². The van der Waals surface area contributed by atoms with Gasteiger partial charge in [0, 0.05) is 27.8 Å². The maximum absolute atomic E-state index is 16.0. The van der Waals surface area contributed by atoms with Gasteiger partial charge in [0.1, 0.15) is 29.4 Å². The summed E-state index contributed by atoms with van der Waals surface area (Å²) < 4.78 is 124. The summed E-state index contributed by atoms with van der Waals surface area (Å²) in [6.45, 7) is 0.202. The van der Waals surface area contributed by atoms with E-state index in [2.05, 4.69) is 20.4 Å². The molecule has 0 spiro atoms. The zero-order chi connectivity index (χ0) is 47.0. The second kappa shape index (κ2) is 18.3. The summed E-state index contributed by atoms with van der Waals surface area (Å²) in [6, 6.07) is 1.46. The molecule has 0 radical (unpaired) electrons. The lowest BCUT2D eigenvalue weighted by Gasteiger charge is -2.61. The standard InChI is InChI=1S/C39H45F8IN8O7/c1-35(2,38(42,43)44)29(51-34(62)63-5)31(58)49-26(10-19-6-8-22(48)9-7-19)28(57)18-55(53-32(59)30(50-33(60)61)36(3,4)39(45,46)47)16-23-24(40)11-21(12-25(23)41)27-17-56(54-52-27)37-13-20(14-37)15-37/h6-9,11-12,17,20,26,28-30,50,57H,10,13-16,18H2,1-5H3,(H,49,58)(H,51,62)(H,53,59)(H,60,61)/t20?,26-,28-,29+,30+,37?/m0/s1. The second-order valence-electron chi connectivity index (χ2n) is 16.9. The van der Waals surface area contributed by atoms with E-state index >= 15 is 8.78 Å². The number of nitrogens with one attached hydrogen (secondary N) is 4. The predicted octanol–water partition coefficient (Wildman–Crippen LogP) is 5.80. The summed E-state index contributed by atoms with van der Waals surface area (Å²) >= 11 is 1.98. The maximum Gasteiger partial charge on any atom is 0.407 e. The van der Waals surface area contributed by atoms with Crippen molar-refractivity contribution in [1.82, 2.24) is 41.4 Å². The van der Waals surface area contributed by atoms with E-state index in [9.17, 15) is 55.7 Å². The number of ether oxygens (including phenoxy) is 1. The smallest absolute Gasteiger partial charge is 0.407 e. The van der Waals surface area contributed by atoms with Gasteiger partial charge in [-0.05, 0) is 112 Å². The largest absolute Gasteiger partial charge is 0.465 e. The molecule has 24 heteroatoms. The maximum atomic E-state index is 16.0. The van der Waals surface area contributed by atoms with Crippen LogP contribution in [0.1, 0.15) is 58.1 Å². The number of hydrogen-bond donors (Lipinski definition) is 6. The van der Waals surface area contributed by atoms with Crippen LogP contribution in [0, 0.1) is 32.0 Å². The molecule has 4 amide bonds. The number of hydrogen-bond acceptors (Lipinski definition) is 9. The van der Waals surface area contributed by atoms with E-state index in [1.54, 1.807) is 16.8 Å². The number of aromatic nitrogens is 3. The van der Waals surface area contributed by atoms with Gasteiger partial charge in [-0.25, -0.2) is 28.1 Å². The first kappa shape index (κ1) is 49.2. The highest BCUT2D eigenvalue weighted by atomic mass is 127. The van der Waals surface area contributed by atoms with Crippen molar-refractivity contribution in [2.24, 2.45) is 16.7 Å². The Morgan fingerprint density at radius 1 is 0.905 bits per heavy atom. The molecule has 346 valence electrons. The van der Waals surface area contributed by atoms with Crippen LogP contribution in [0.3, 0.4) is 0 Å². The van der Waals surface area contributed by atoms with E-state index in [0.29, 0.717) is 44.2 Å². The zero-order valence-electron chi connectivity index (χ0n) is 34.3. The third kappa shape index (κ3) is 10.8. The number of carboxylic acid groups (broad SMARTS) is 1. The van der Waals surface area contributed by atoms with Gasteiger partial charge in [-0.2, -0.15) is 26.3 Å². The summed E-state index contributed by atoms with van der Waals surface area (Å²) in [4.78, 5) is 51.3. The van der Waals surface area contributed by atoms with Crippen molar-refractivity contribution in [1.29, 1.82) is 0 Å². The molecule has 3 saturated carbocycles. The van der Waals surface area contributed by atoms with Gasteiger partial charge in [-0.1, -0.05) is 17.3 Å². The first-order valence-electron chi connectivity index (χ1n) is 19.3. The Balaban J connectivity index is 1.52. The van der Waals surface area contributed by atoms with E-state index in [1.807, 2.05) is 33.3 Å². The van der Waals surface area contributed by atoms with Crippen molar-refractivity contribution >= 4 is 46.6 Å². The number of aliphatic hydroxyl groups is 1. The van der Waals surface area contributed by atoms with Gasteiger partial charge in [-0.15, -0.1) is 5.10 Å². The SMILES string of the molecule is COC(=O)N[C@H](C(=O)N[C@@H](Cc1ccc(I)cc1)[C@@H](O)CN(Cc1c(F)cc(-c2cn(C34CC(C3)C4)nn2)cc1F)NC(=O)[C@@H](NC(=O)O)C(C)(C)C(F)(F)F)C(C)(C)C(F)(F)F. The molecule has 2 aromatic carbocycles. The Labute approximate surface area is 368 Å². The summed E-state index contributed by atoms with van der Waals surface area (Å²) in [5.41, 5.74) is -4.62. The van der Waals surface area contributed by atoms with E-state index < -0.39 is 102 Å². The first-order valence-corrected chi connectivity index (χ1v) is 20.3. The van der Waals surface area contributed by atoms with Gasteiger partial charge in [0.25, 0.3) is 5.91 Å². The normalized spacial score (nSPS) is 19.5. The van der Waals surface area contributed by atoms with Crippen molar-refractivity contribution in [2.75, 3.05) is 13.7 Å². The molecule has 1 aromatic heterocycles. The van der Waals surface area contributed by atoms with Gasteiger partial charge < -0.3 is 30.9 Å². The van der Waals surface area contributed by atoms with Gasteiger partial charge in [0.2, 0.25) is 5.91 Å². The molecule has 0 aliphatic heterocycles. The lowest BCUT2D eigenvalue weighted by Crippen LogP contribution is -2.63. The number of carbonyl (C=O) groups is 4. The highest BCUT2D eigenvalue weighted by molar-refractivity contribution is 14.1. The van der Waals surface area contributed by atoms with Gasteiger partial charge in [-0.3, -0.25) is 15.0 Å². The minimum atomic E-state index is -5.21. The molecular formula is C39H45F8IN8O7. The number of rotatable bonds is 17. The molecule has 6 rings (SSSR count). The second-order valence-corrected chi connectivity index (χ2v) is 18.2. The number of hydrazine groups is 1. The molecule has 2 bridgehead atoms. The van der Waals surface area contributed by atoms with Crippen LogP contribution in [0.5, 0.6) is 0 Å². The summed E-state index contributed by atoms with van der Waals surface area (Å²) in [5, 5.41) is 35.5. The molecule has 3 fully saturated rings. The van der Waals surface area contributed by atoms with Crippen LogP contribution in [0.25, 0.3) is 11.3 Å². The van der Waals surface area contributed by atoms with Crippen LogP contribution in [0.2, 0.25) is 0 Å². The van der Waals surface area contributed by atoms with Gasteiger partial charge in [0.15, 0.2) is 0 Å². The Bertz CT molecular complexity index is 2150. The molecule has 3 aliphatic rings. The number of alkyl carbamates (subject to hydrolysis) is 1. The van der Waals surface area contributed by atoms with Gasteiger partial charge in [0.05, 0.1) is 41.8 Å². The molecular weight excluding hydrogens is 971 g/mol. The summed E-state index contributed by atoms with van der Waals surface area (Å²) in [7, 11) is 0.838. The van der Waals surface area contributed by atoms with E-state index in [0.717, 1.165) is 42.1 Å². The number of methoxy groups -OCH3 is 1. The van der Waals surface area contributed by atoms with Crippen LogP contribution >= 0.6 is 22.6 Å². The van der Waals surface area contributed by atoms with Crippen molar-refractivity contribution in [3.05, 3.63) is 68.9 Å². The molecule has 0 unspecified atom stereocenters. The Morgan fingerprint density at radius 3 is 1.92 bits per heavy atom. The zero-order valence-corrected chi connectivity index (χ0v) is 36.5. The first-order chi connectivity index (χ1) is 29.1. The minimum Gasteiger partial charge on any atom is -0.465 e. The van der Waals surface area contributed by atoms with Gasteiger partial charge >= 0.3 is 24.5 Å². The fourth-order valence-corrected chi connectivity index (χ4v) is 7.72. The Kier molecular flexibility index (Phi) is 14.3. The average molecular weight is 1020 g/mol. The summed E-state index contributed by atoms with van der Waals surface area (Å²) in [5.74, 6) is -5.08. The summed E-state index contributed by atoms with van der Waals surface area (Å²) in [6.07, 6.45) is -12.0. The predicted molar refractivity (Wildman–Crippen MR) is 214 cm³/mol. The molecule has 3 aromatic rings. The van der Waals surface area contributed by atoms with Crippen LogP contribution in [-0.2, 0) is 32.8 Å². The number of alkyl halides is 6. The molecule has 6 N–H and O–H groups in total. The Morgan fingerprint density at radius 2 is 1.44 bits per heavy atom. The van der Waals surface area contributed by atoms with Crippen molar-refractivity contribution in [2.45, 2.75) is 102 Å². The number of amides is 4. The van der Waals surface area contributed by atoms with Crippen LogP contribution in [-0.4, -0.2) is 104 Å². The number of carbonyl (C=O) groups excluding carboxylic acids is 3. The van der Waals surface area contributed by atoms with Crippen molar-refractivity contribution < 1.29 is 69.3 Å². The number of aliphatic hydroxyl groups excluding tert-OH is 1. The molecule has 63 heavy (non-hydrogen) atoms. The van der Waals surface area contributed by atoms with Crippen LogP contribution in [0.15, 0.2) is 42.6 Å². The molecule has 4 atom stereocenters. The van der Waals surface area contributed by atoms with Crippen LogP contribution < -0.4 is 21.4 Å². The highest BCUT2D eigenvalue weighted by Gasteiger charge is 2.59. The number of nitrogens with zero attached hydrogens (tertiary/aromatic N) is 4. The highest BCUT2D eigenvalue weighted by Crippen LogP contribution is 2.62. The molecule has 0 saturated heterocycles. The average Bonchev–Trinajstić information content (AvgIpc) is 3.61. The third-order valence-corrected chi connectivity index (χ3v) is 12.5. The van der Waals surface area contributed by atoms with E-state index in [1.165, 1.54) is 23.6 Å². The monoisotopic (exact) mass is 1020 g/mol. The molecule has 1 heterocycles. The number of halogens is 9. The van der Waals surface area contributed by atoms with E-state index in [4.69, 9.17) is 0 Å². The fourth-order valence-electron chi connectivity index (χ4n) is 7.36. The fraction of sp³-hybridized carbons (Fsp3) is 0.538. The topological polar surface area (TPSA) is 200 Å². The van der Waals surface area contributed by atoms with Crippen molar-refractivity contribution in [3.8, 4) is 11.3 Å². The quantitative estimate of drug-likeness (QED) is 0.0546. The number of benzene rings is 2. The Hall–Kier alpha value is -4.85. The van der Waals surface area contributed by atoms with Crippen molar-refractivity contribution in [3.63, 3.8) is 0 Å². The lowest BCUT2D eigenvalue weighted by molar-refractivity contribution is -0.221. The third-order valence-electron chi connectivity index (χ3n) is 11.8. The van der Waals surface area contributed by atoms with E-state index in [-0.39, 0.29) is 23.2 Å². The molecule has 15 nitrogen and oxygen atoms in total.